The summed E-state index contributed by atoms with van der Waals surface area (Å²) in [5, 5.41) is 2.59. The lowest BCUT2D eigenvalue weighted by molar-refractivity contribution is 0.868. The monoisotopic (exact) mass is 695 g/mol. The molecule has 9 aromatic rings. The Morgan fingerprint density at radius 2 is 0.852 bits per heavy atom. The molecule has 0 aliphatic heterocycles. The van der Waals surface area contributed by atoms with Crippen LogP contribution in [0.5, 0.6) is 0 Å². The fraction of sp³-hybridized carbons (Fsp3) is 0.0588. The van der Waals surface area contributed by atoms with Crippen molar-refractivity contribution < 1.29 is 0 Å². The van der Waals surface area contributed by atoms with Crippen LogP contribution in [0.25, 0.3) is 55.2 Å². The Balaban J connectivity index is 1.00. The average molecular weight is 696 g/mol. The van der Waals surface area contributed by atoms with Gasteiger partial charge in [-0.1, -0.05) is 140 Å². The minimum absolute atomic E-state index is 0.798. The summed E-state index contributed by atoms with van der Waals surface area (Å²) in [6.45, 7) is 0.798. The zero-order valence-electron chi connectivity index (χ0n) is 30.6. The number of anilines is 4. The summed E-state index contributed by atoms with van der Waals surface area (Å²) in [5.41, 5.74) is 15.6. The predicted octanol–water partition coefficient (Wildman–Crippen LogP) is 13.4. The molecule has 0 amide bonds. The first-order valence-electron chi connectivity index (χ1n) is 18.6. The Labute approximate surface area is 317 Å². The van der Waals surface area contributed by atoms with Crippen molar-refractivity contribution in [2.24, 2.45) is 0 Å². The van der Waals surface area contributed by atoms with Crippen LogP contribution in [0.2, 0.25) is 0 Å². The van der Waals surface area contributed by atoms with Crippen LogP contribution in [-0.2, 0) is 6.54 Å². The number of para-hydroxylation sites is 3. The van der Waals surface area contributed by atoms with E-state index >= 15 is 0 Å². The first-order valence-corrected chi connectivity index (χ1v) is 18.6. The summed E-state index contributed by atoms with van der Waals surface area (Å²) in [5.74, 6) is 0. The third-order valence-electron chi connectivity index (χ3n) is 10.7. The van der Waals surface area contributed by atoms with Crippen molar-refractivity contribution in [3.8, 4) is 33.4 Å². The molecule has 0 saturated carbocycles. The summed E-state index contributed by atoms with van der Waals surface area (Å²) >= 11 is 0. The van der Waals surface area contributed by atoms with E-state index in [1.165, 1.54) is 60.8 Å². The van der Waals surface area contributed by atoms with E-state index in [-0.39, 0.29) is 0 Å². The van der Waals surface area contributed by atoms with Gasteiger partial charge in [-0.25, -0.2) is 0 Å². The molecule has 0 bridgehead atoms. The summed E-state index contributed by atoms with van der Waals surface area (Å²) in [4.78, 5) is 4.58. The molecule has 0 saturated heterocycles. The van der Waals surface area contributed by atoms with Gasteiger partial charge in [0.05, 0.1) is 0 Å². The molecule has 0 spiro atoms. The van der Waals surface area contributed by atoms with Crippen LogP contribution in [-0.4, -0.2) is 18.7 Å². The van der Waals surface area contributed by atoms with Crippen LogP contribution in [0.1, 0.15) is 5.56 Å². The van der Waals surface area contributed by atoms with E-state index in [4.69, 9.17) is 0 Å². The molecule has 3 nitrogen and oxygen atoms in total. The van der Waals surface area contributed by atoms with Crippen LogP contribution >= 0.6 is 0 Å². The maximum absolute atomic E-state index is 2.44. The maximum atomic E-state index is 2.44. The first-order chi connectivity index (χ1) is 26.6. The fourth-order valence-corrected chi connectivity index (χ4v) is 7.80. The van der Waals surface area contributed by atoms with E-state index in [1.807, 2.05) is 0 Å². The van der Waals surface area contributed by atoms with Gasteiger partial charge in [0.15, 0.2) is 0 Å². The van der Waals surface area contributed by atoms with Gasteiger partial charge in [-0.05, 0) is 94.0 Å². The maximum Gasteiger partial charge on any atom is 0.0494 e. The van der Waals surface area contributed by atoms with Gasteiger partial charge in [-0.3, -0.25) is 0 Å². The molecular weight excluding hydrogens is 655 g/mol. The zero-order valence-corrected chi connectivity index (χ0v) is 30.6. The Bertz CT molecular complexity index is 2690. The van der Waals surface area contributed by atoms with Crippen molar-refractivity contribution in [2.45, 2.75) is 6.54 Å². The van der Waals surface area contributed by atoms with Gasteiger partial charge in [-0.15, -0.1) is 0 Å². The molecule has 260 valence electrons. The second-order valence-corrected chi connectivity index (χ2v) is 14.0. The third-order valence-corrected chi connectivity index (χ3v) is 10.7. The van der Waals surface area contributed by atoms with E-state index in [0.717, 1.165) is 29.3 Å². The lowest BCUT2D eigenvalue weighted by Gasteiger charge is -2.24. The van der Waals surface area contributed by atoms with Gasteiger partial charge < -0.3 is 14.4 Å². The number of fused-ring (bicyclic) bond motifs is 3. The van der Waals surface area contributed by atoms with Gasteiger partial charge in [0.1, 0.15) is 0 Å². The van der Waals surface area contributed by atoms with Crippen LogP contribution < -0.4 is 9.80 Å². The Morgan fingerprint density at radius 3 is 1.54 bits per heavy atom. The minimum Gasteiger partial charge on any atom is -0.345 e. The van der Waals surface area contributed by atoms with E-state index < -0.39 is 0 Å². The molecule has 0 N–H and O–H groups in total. The second kappa shape index (κ2) is 14.3. The highest BCUT2D eigenvalue weighted by Crippen LogP contribution is 2.38. The van der Waals surface area contributed by atoms with E-state index in [2.05, 4.69) is 229 Å². The highest BCUT2D eigenvalue weighted by Gasteiger charge is 2.15. The van der Waals surface area contributed by atoms with Crippen LogP contribution in [0.4, 0.5) is 22.7 Å². The molecule has 0 aliphatic rings. The van der Waals surface area contributed by atoms with Gasteiger partial charge in [0, 0.05) is 70.8 Å². The van der Waals surface area contributed by atoms with Crippen molar-refractivity contribution in [1.29, 1.82) is 0 Å². The molecule has 8 aromatic carbocycles. The first kappa shape index (κ1) is 33.0. The average Bonchev–Trinajstić information content (AvgIpc) is 3.56. The number of aromatic nitrogens is 1. The van der Waals surface area contributed by atoms with Gasteiger partial charge in [-0.2, -0.15) is 0 Å². The van der Waals surface area contributed by atoms with Crippen LogP contribution in [0.15, 0.2) is 200 Å². The van der Waals surface area contributed by atoms with Crippen LogP contribution in [0.3, 0.4) is 0 Å². The van der Waals surface area contributed by atoms with Crippen molar-refractivity contribution in [3.63, 3.8) is 0 Å². The molecule has 0 unspecified atom stereocenters. The van der Waals surface area contributed by atoms with Crippen molar-refractivity contribution in [1.82, 2.24) is 4.57 Å². The lowest BCUT2D eigenvalue weighted by Crippen LogP contribution is -2.11. The SMILES string of the molecule is CN(c1cccc(-c2ccccc2)c1)c1cccc(-c2cccc(-c3ccccc3N(C)c3cccc(Cn4c5ccccc5c5ccccc54)c3)c2)c1. The highest BCUT2D eigenvalue weighted by molar-refractivity contribution is 6.08. The molecule has 0 aliphatic carbocycles. The number of hydrogen-bond donors (Lipinski definition) is 0. The Hall–Kier alpha value is -6.84. The number of hydrogen-bond acceptors (Lipinski definition) is 2. The molecular formula is C51H41N3. The topological polar surface area (TPSA) is 11.4 Å². The van der Waals surface area contributed by atoms with Crippen molar-refractivity contribution in [2.75, 3.05) is 23.9 Å². The van der Waals surface area contributed by atoms with E-state index in [9.17, 15) is 0 Å². The quantitative estimate of drug-likeness (QED) is 0.149. The normalized spacial score (nSPS) is 11.2. The molecule has 0 atom stereocenters. The minimum atomic E-state index is 0.798. The molecule has 1 heterocycles. The Kier molecular flexibility index (Phi) is 8.74. The fourth-order valence-electron chi connectivity index (χ4n) is 7.80. The van der Waals surface area contributed by atoms with Gasteiger partial charge in [0.2, 0.25) is 0 Å². The lowest BCUT2D eigenvalue weighted by atomic mass is 9.97. The smallest absolute Gasteiger partial charge is 0.0494 e. The van der Waals surface area contributed by atoms with Gasteiger partial charge >= 0.3 is 0 Å². The van der Waals surface area contributed by atoms with Crippen molar-refractivity contribution in [3.05, 3.63) is 206 Å². The van der Waals surface area contributed by atoms with Crippen molar-refractivity contribution >= 4 is 44.6 Å². The van der Waals surface area contributed by atoms with Crippen LogP contribution in [0, 0.1) is 0 Å². The standard InChI is InChI=1S/C51H41N3/c1-52(44-24-14-20-40(34-44)38-17-4-3-5-18-38)45-25-15-21-41(35-45)39-19-13-22-42(33-39)46-26-6-9-29-49(46)53(2)43-23-12-16-37(32-43)36-54-50-30-10-7-27-47(50)48-28-8-11-31-51(48)54/h3-35H,36H2,1-2H3. The third kappa shape index (κ3) is 6.31. The largest absolute Gasteiger partial charge is 0.345 e. The number of benzene rings is 8. The van der Waals surface area contributed by atoms with E-state index in [1.54, 1.807) is 0 Å². The second-order valence-electron chi connectivity index (χ2n) is 14.0. The molecule has 1 aromatic heterocycles. The highest BCUT2D eigenvalue weighted by atomic mass is 15.1. The Morgan fingerprint density at radius 1 is 0.370 bits per heavy atom. The number of nitrogens with zero attached hydrogens (tertiary/aromatic N) is 3. The summed E-state index contributed by atoms with van der Waals surface area (Å²) < 4.78 is 2.44. The van der Waals surface area contributed by atoms with Gasteiger partial charge in [0.25, 0.3) is 0 Å². The zero-order chi connectivity index (χ0) is 36.4. The summed E-state index contributed by atoms with van der Waals surface area (Å²) in [6.07, 6.45) is 0. The molecule has 0 fully saturated rings. The summed E-state index contributed by atoms with van der Waals surface area (Å²) in [7, 11) is 4.32. The predicted molar refractivity (Wildman–Crippen MR) is 230 cm³/mol. The summed E-state index contributed by atoms with van der Waals surface area (Å²) in [6, 6.07) is 72.2. The molecule has 54 heavy (non-hydrogen) atoms. The molecule has 0 radical (unpaired) electrons. The number of rotatable bonds is 9. The van der Waals surface area contributed by atoms with E-state index in [0.29, 0.717) is 0 Å². The molecule has 3 heteroatoms. The molecule has 9 rings (SSSR count).